The molecule has 7 nitrogen and oxygen atoms in total. The van der Waals surface area contributed by atoms with E-state index in [1.54, 1.807) is 32.0 Å². The second-order valence-corrected chi connectivity index (χ2v) is 5.61. The van der Waals surface area contributed by atoms with Gasteiger partial charge in [0.15, 0.2) is 0 Å². The average Bonchev–Trinajstić information content (AvgIpc) is 2.87. The zero-order valence-electron chi connectivity index (χ0n) is 13.6. The molecule has 0 aliphatic rings. The van der Waals surface area contributed by atoms with Gasteiger partial charge >= 0.3 is 0 Å². The first-order valence-corrected chi connectivity index (χ1v) is 7.45. The minimum atomic E-state index is -0.276. The number of aromatic nitrogens is 4. The third-order valence-corrected chi connectivity index (χ3v) is 3.44. The maximum absolute atomic E-state index is 12.4. The van der Waals surface area contributed by atoms with E-state index in [1.807, 2.05) is 19.1 Å². The maximum Gasteiger partial charge on any atom is 0.256 e. The second-order valence-electron chi connectivity index (χ2n) is 5.61. The summed E-state index contributed by atoms with van der Waals surface area (Å²) in [6.45, 7) is 5.48. The molecule has 7 heteroatoms. The minimum absolute atomic E-state index is 0.257. The summed E-state index contributed by atoms with van der Waals surface area (Å²) in [6, 6.07) is 10.4. The summed E-state index contributed by atoms with van der Waals surface area (Å²) in [6.07, 6.45) is 0. The highest BCUT2D eigenvalue weighted by Gasteiger charge is 2.14. The summed E-state index contributed by atoms with van der Waals surface area (Å²) in [4.78, 5) is 30.9. The molecule has 3 aromatic rings. The van der Waals surface area contributed by atoms with Crippen molar-refractivity contribution in [2.45, 2.75) is 20.8 Å². The Hall–Kier alpha value is -3.22. The molecule has 0 aliphatic heterocycles. The number of benzene rings is 1. The van der Waals surface area contributed by atoms with E-state index >= 15 is 0 Å². The largest absolute Gasteiger partial charge is 0.306 e. The zero-order chi connectivity index (χ0) is 17.3. The van der Waals surface area contributed by atoms with E-state index in [0.29, 0.717) is 22.8 Å². The van der Waals surface area contributed by atoms with Crippen LogP contribution in [0.4, 0.5) is 5.82 Å². The molecule has 122 valence electrons. The maximum atomic E-state index is 12.4. The van der Waals surface area contributed by atoms with Crippen LogP contribution in [0.1, 0.15) is 27.3 Å². The average molecular weight is 323 g/mol. The van der Waals surface area contributed by atoms with Gasteiger partial charge in [-0.1, -0.05) is 17.7 Å². The number of amides is 1. The van der Waals surface area contributed by atoms with Crippen molar-refractivity contribution < 1.29 is 4.79 Å². The molecule has 0 radical (unpaired) electrons. The van der Waals surface area contributed by atoms with Gasteiger partial charge in [0.2, 0.25) is 5.95 Å². The number of nitrogens with one attached hydrogen (secondary N) is 2. The highest BCUT2D eigenvalue weighted by molar-refractivity contribution is 6.03. The number of nitrogens with zero attached hydrogens (tertiary/aromatic N) is 3. The van der Waals surface area contributed by atoms with E-state index in [9.17, 15) is 9.59 Å². The summed E-state index contributed by atoms with van der Waals surface area (Å²) in [5, 5.41) is 7.10. The summed E-state index contributed by atoms with van der Waals surface area (Å²) in [5.41, 5.74) is 2.60. The Balaban J connectivity index is 1.96. The summed E-state index contributed by atoms with van der Waals surface area (Å²) < 4.78 is 1.41. The fourth-order valence-corrected chi connectivity index (χ4v) is 2.31. The van der Waals surface area contributed by atoms with Crippen molar-refractivity contribution in [3.63, 3.8) is 0 Å². The van der Waals surface area contributed by atoms with Gasteiger partial charge in [0.25, 0.3) is 11.5 Å². The van der Waals surface area contributed by atoms with E-state index in [1.165, 1.54) is 10.7 Å². The van der Waals surface area contributed by atoms with Crippen LogP contribution in [-0.2, 0) is 0 Å². The second kappa shape index (κ2) is 6.11. The molecule has 24 heavy (non-hydrogen) atoms. The standard InChI is InChI=1S/C17H17N5O2/c1-10-4-6-13(7-5-10)16(24)19-14-8-12(3)21-22(14)17-18-11(2)9-15(23)20-17/h4-9H,1-3H3,(H,19,24)(H,18,20,23). The van der Waals surface area contributed by atoms with E-state index in [4.69, 9.17) is 0 Å². The summed E-state index contributed by atoms with van der Waals surface area (Å²) in [7, 11) is 0. The van der Waals surface area contributed by atoms with Crippen molar-refractivity contribution in [1.29, 1.82) is 0 Å². The number of carbonyl (C=O) groups is 1. The van der Waals surface area contributed by atoms with Crippen LogP contribution in [0.25, 0.3) is 5.95 Å². The van der Waals surface area contributed by atoms with Crippen LogP contribution < -0.4 is 10.9 Å². The number of aromatic amines is 1. The highest BCUT2D eigenvalue weighted by Crippen LogP contribution is 2.15. The molecule has 2 heterocycles. The van der Waals surface area contributed by atoms with E-state index in [-0.39, 0.29) is 17.4 Å². The fraction of sp³-hybridized carbons (Fsp3) is 0.176. The number of hydrogen-bond acceptors (Lipinski definition) is 4. The van der Waals surface area contributed by atoms with Gasteiger partial charge in [-0.25, -0.2) is 4.98 Å². The lowest BCUT2D eigenvalue weighted by molar-refractivity contribution is 0.102. The molecule has 2 N–H and O–H groups in total. The van der Waals surface area contributed by atoms with Crippen molar-refractivity contribution in [2.75, 3.05) is 5.32 Å². The molecular weight excluding hydrogens is 306 g/mol. The van der Waals surface area contributed by atoms with Crippen molar-refractivity contribution in [3.8, 4) is 5.95 Å². The van der Waals surface area contributed by atoms with E-state index < -0.39 is 0 Å². The van der Waals surface area contributed by atoms with Crippen molar-refractivity contribution >= 4 is 11.7 Å². The van der Waals surface area contributed by atoms with E-state index in [0.717, 1.165) is 5.56 Å². The molecule has 0 atom stereocenters. The number of hydrogen-bond donors (Lipinski definition) is 2. The molecular formula is C17H17N5O2. The molecule has 2 aromatic heterocycles. The van der Waals surface area contributed by atoms with Crippen LogP contribution >= 0.6 is 0 Å². The minimum Gasteiger partial charge on any atom is -0.306 e. The van der Waals surface area contributed by atoms with Crippen LogP contribution in [0.2, 0.25) is 0 Å². The smallest absolute Gasteiger partial charge is 0.256 e. The Kier molecular flexibility index (Phi) is 3.99. The third kappa shape index (κ3) is 3.24. The van der Waals surface area contributed by atoms with Crippen LogP contribution in [0.3, 0.4) is 0 Å². The van der Waals surface area contributed by atoms with Gasteiger partial charge in [-0.15, -0.1) is 0 Å². The number of rotatable bonds is 3. The Labute approximate surface area is 138 Å². The van der Waals surface area contributed by atoms with Crippen LogP contribution in [0.5, 0.6) is 0 Å². The lowest BCUT2D eigenvalue weighted by Gasteiger charge is -2.08. The lowest BCUT2D eigenvalue weighted by atomic mass is 10.1. The number of carbonyl (C=O) groups excluding carboxylic acids is 1. The molecule has 1 amide bonds. The van der Waals surface area contributed by atoms with Gasteiger partial charge in [-0.3, -0.25) is 14.6 Å². The summed E-state index contributed by atoms with van der Waals surface area (Å²) in [5.74, 6) is 0.435. The number of aryl methyl sites for hydroxylation is 3. The molecule has 0 unspecified atom stereocenters. The predicted octanol–water partition coefficient (Wildman–Crippen LogP) is 2.13. The van der Waals surface area contributed by atoms with Crippen molar-refractivity contribution in [1.82, 2.24) is 19.7 Å². The lowest BCUT2D eigenvalue weighted by Crippen LogP contribution is -2.18. The Morgan fingerprint density at radius 3 is 2.46 bits per heavy atom. The molecule has 0 fully saturated rings. The topological polar surface area (TPSA) is 92.7 Å². The van der Waals surface area contributed by atoms with Gasteiger partial charge in [-0.05, 0) is 32.9 Å². The van der Waals surface area contributed by atoms with Gasteiger partial charge in [-0.2, -0.15) is 9.78 Å². The van der Waals surface area contributed by atoms with Crippen LogP contribution in [0.15, 0.2) is 41.2 Å². The number of H-pyrrole nitrogens is 1. The Morgan fingerprint density at radius 2 is 1.79 bits per heavy atom. The van der Waals surface area contributed by atoms with Crippen LogP contribution in [-0.4, -0.2) is 25.7 Å². The van der Waals surface area contributed by atoms with Crippen molar-refractivity contribution in [3.05, 3.63) is 69.3 Å². The summed E-state index contributed by atoms with van der Waals surface area (Å²) >= 11 is 0. The molecule has 3 rings (SSSR count). The van der Waals surface area contributed by atoms with Gasteiger partial charge in [0, 0.05) is 23.4 Å². The predicted molar refractivity (Wildman–Crippen MR) is 90.6 cm³/mol. The quantitative estimate of drug-likeness (QED) is 0.772. The third-order valence-electron chi connectivity index (χ3n) is 3.44. The highest BCUT2D eigenvalue weighted by atomic mass is 16.1. The van der Waals surface area contributed by atoms with Gasteiger partial charge in [0.05, 0.1) is 5.69 Å². The fourth-order valence-electron chi connectivity index (χ4n) is 2.31. The molecule has 0 saturated carbocycles. The first-order chi connectivity index (χ1) is 11.4. The Morgan fingerprint density at radius 1 is 1.08 bits per heavy atom. The van der Waals surface area contributed by atoms with Gasteiger partial charge < -0.3 is 5.32 Å². The molecule has 0 bridgehead atoms. The SMILES string of the molecule is Cc1ccc(C(=O)Nc2cc(C)nn2-c2nc(C)cc(=O)[nH]2)cc1. The first kappa shape index (κ1) is 15.7. The normalized spacial score (nSPS) is 10.6. The molecule has 0 spiro atoms. The first-order valence-electron chi connectivity index (χ1n) is 7.45. The van der Waals surface area contributed by atoms with E-state index in [2.05, 4.69) is 20.4 Å². The zero-order valence-corrected chi connectivity index (χ0v) is 13.6. The van der Waals surface area contributed by atoms with Crippen LogP contribution in [0, 0.1) is 20.8 Å². The Bertz CT molecular complexity index is 954. The molecule has 0 saturated heterocycles. The molecule has 1 aromatic carbocycles. The monoisotopic (exact) mass is 323 g/mol. The van der Waals surface area contributed by atoms with Gasteiger partial charge in [0.1, 0.15) is 5.82 Å². The molecule has 0 aliphatic carbocycles. The van der Waals surface area contributed by atoms with Crippen molar-refractivity contribution in [2.24, 2.45) is 0 Å². The number of anilines is 1.